The SMILES string of the molecule is COc1ccc(/C=C/C(=O)Oc2ccc(CCl)cc2)cc1OC. The molecule has 2 rings (SSSR count). The van der Waals surface area contributed by atoms with E-state index in [1.54, 1.807) is 44.6 Å². The van der Waals surface area contributed by atoms with E-state index in [1.165, 1.54) is 6.08 Å². The number of ether oxygens (including phenoxy) is 3. The highest BCUT2D eigenvalue weighted by molar-refractivity contribution is 6.17. The molecule has 0 aromatic heterocycles. The van der Waals surface area contributed by atoms with Crippen LogP contribution < -0.4 is 14.2 Å². The maximum atomic E-state index is 11.8. The van der Waals surface area contributed by atoms with Crippen molar-refractivity contribution >= 4 is 23.6 Å². The second-order valence-electron chi connectivity index (χ2n) is 4.65. The summed E-state index contributed by atoms with van der Waals surface area (Å²) < 4.78 is 15.6. The van der Waals surface area contributed by atoms with Gasteiger partial charge in [0.15, 0.2) is 11.5 Å². The third kappa shape index (κ3) is 4.76. The number of alkyl halides is 1. The van der Waals surface area contributed by atoms with E-state index in [4.69, 9.17) is 25.8 Å². The first-order valence-electron chi connectivity index (χ1n) is 6.93. The first-order valence-corrected chi connectivity index (χ1v) is 7.46. The molecule has 4 nitrogen and oxygen atoms in total. The Morgan fingerprint density at radius 2 is 1.74 bits per heavy atom. The zero-order valence-electron chi connectivity index (χ0n) is 12.9. The lowest BCUT2D eigenvalue weighted by Gasteiger charge is -2.07. The van der Waals surface area contributed by atoms with Gasteiger partial charge in [0.1, 0.15) is 5.75 Å². The molecule has 0 fully saturated rings. The summed E-state index contributed by atoms with van der Waals surface area (Å²) in [6.45, 7) is 0. The molecule has 120 valence electrons. The van der Waals surface area contributed by atoms with E-state index in [-0.39, 0.29) is 0 Å². The quantitative estimate of drug-likeness (QED) is 0.346. The van der Waals surface area contributed by atoms with Gasteiger partial charge >= 0.3 is 5.97 Å². The van der Waals surface area contributed by atoms with Crippen LogP contribution in [0.1, 0.15) is 11.1 Å². The van der Waals surface area contributed by atoms with E-state index in [0.717, 1.165) is 11.1 Å². The van der Waals surface area contributed by atoms with Crippen LogP contribution in [0.5, 0.6) is 17.2 Å². The van der Waals surface area contributed by atoms with Crippen molar-refractivity contribution in [3.8, 4) is 17.2 Å². The standard InChI is InChI=1S/C18H17ClO4/c1-21-16-9-5-13(11-17(16)22-2)6-10-18(20)23-15-7-3-14(12-19)4-8-15/h3-11H,12H2,1-2H3/b10-6+. The Labute approximate surface area is 140 Å². The molecular formula is C18H17ClO4. The Morgan fingerprint density at radius 3 is 2.35 bits per heavy atom. The molecule has 0 atom stereocenters. The van der Waals surface area contributed by atoms with Crippen molar-refractivity contribution in [2.75, 3.05) is 14.2 Å². The van der Waals surface area contributed by atoms with Gasteiger partial charge in [-0.05, 0) is 41.5 Å². The van der Waals surface area contributed by atoms with Crippen LogP contribution in [-0.4, -0.2) is 20.2 Å². The Bertz CT molecular complexity index is 693. The van der Waals surface area contributed by atoms with Gasteiger partial charge in [-0.25, -0.2) is 4.79 Å². The van der Waals surface area contributed by atoms with Crippen LogP contribution >= 0.6 is 11.6 Å². The Morgan fingerprint density at radius 1 is 1.04 bits per heavy atom. The third-order valence-corrected chi connectivity index (χ3v) is 3.42. The fraction of sp³-hybridized carbons (Fsp3) is 0.167. The lowest BCUT2D eigenvalue weighted by Crippen LogP contribution is -2.03. The molecular weight excluding hydrogens is 316 g/mol. The molecule has 23 heavy (non-hydrogen) atoms. The first-order chi connectivity index (χ1) is 11.2. The summed E-state index contributed by atoms with van der Waals surface area (Å²) in [7, 11) is 3.13. The van der Waals surface area contributed by atoms with Crippen molar-refractivity contribution < 1.29 is 19.0 Å². The highest BCUT2D eigenvalue weighted by Gasteiger charge is 2.04. The fourth-order valence-electron chi connectivity index (χ4n) is 1.92. The minimum absolute atomic E-state index is 0.424. The molecule has 0 spiro atoms. The van der Waals surface area contributed by atoms with E-state index >= 15 is 0 Å². The van der Waals surface area contributed by atoms with Gasteiger partial charge in [0, 0.05) is 12.0 Å². The number of carbonyl (C=O) groups excluding carboxylic acids is 1. The van der Waals surface area contributed by atoms with Crippen LogP contribution in [0.25, 0.3) is 6.08 Å². The minimum Gasteiger partial charge on any atom is -0.493 e. The maximum Gasteiger partial charge on any atom is 0.336 e. The number of methoxy groups -OCH3 is 2. The van der Waals surface area contributed by atoms with Crippen molar-refractivity contribution in [2.45, 2.75) is 5.88 Å². The van der Waals surface area contributed by atoms with Gasteiger partial charge in [-0.2, -0.15) is 0 Å². The van der Waals surface area contributed by atoms with Crippen LogP contribution in [0.4, 0.5) is 0 Å². The molecule has 0 amide bonds. The highest BCUT2D eigenvalue weighted by atomic mass is 35.5. The second-order valence-corrected chi connectivity index (χ2v) is 4.91. The van der Waals surface area contributed by atoms with Gasteiger partial charge in [-0.15, -0.1) is 11.6 Å². The topological polar surface area (TPSA) is 44.8 Å². The average Bonchev–Trinajstić information content (AvgIpc) is 2.60. The van der Waals surface area contributed by atoms with Gasteiger partial charge in [-0.3, -0.25) is 0 Å². The molecule has 0 radical (unpaired) electrons. The largest absolute Gasteiger partial charge is 0.493 e. The molecule has 0 aliphatic heterocycles. The van der Waals surface area contributed by atoms with Crippen molar-refractivity contribution in [1.82, 2.24) is 0 Å². The van der Waals surface area contributed by atoms with Crippen molar-refractivity contribution in [3.63, 3.8) is 0 Å². The molecule has 0 aliphatic rings. The minimum atomic E-state index is -0.460. The lowest BCUT2D eigenvalue weighted by molar-refractivity contribution is -0.128. The number of hydrogen-bond acceptors (Lipinski definition) is 4. The van der Waals surface area contributed by atoms with Gasteiger partial charge in [0.05, 0.1) is 14.2 Å². The van der Waals surface area contributed by atoms with E-state index in [9.17, 15) is 4.79 Å². The highest BCUT2D eigenvalue weighted by Crippen LogP contribution is 2.28. The Kier molecular flexibility index (Phi) is 6.06. The summed E-state index contributed by atoms with van der Waals surface area (Å²) in [5, 5.41) is 0. The van der Waals surface area contributed by atoms with E-state index < -0.39 is 5.97 Å². The van der Waals surface area contributed by atoms with E-state index in [0.29, 0.717) is 23.1 Å². The van der Waals surface area contributed by atoms with Crippen LogP contribution in [0.2, 0.25) is 0 Å². The van der Waals surface area contributed by atoms with Crippen LogP contribution in [0.15, 0.2) is 48.5 Å². The molecule has 2 aromatic rings. The van der Waals surface area contributed by atoms with Crippen molar-refractivity contribution in [2.24, 2.45) is 0 Å². The Hall–Kier alpha value is -2.46. The normalized spacial score (nSPS) is 10.6. The average molecular weight is 333 g/mol. The summed E-state index contributed by atoms with van der Waals surface area (Å²) in [5.74, 6) is 1.67. The molecule has 0 bridgehead atoms. The number of hydrogen-bond donors (Lipinski definition) is 0. The lowest BCUT2D eigenvalue weighted by atomic mass is 10.2. The van der Waals surface area contributed by atoms with Gasteiger partial charge in [0.25, 0.3) is 0 Å². The molecule has 0 saturated heterocycles. The maximum absolute atomic E-state index is 11.8. The first kappa shape index (κ1) is 16.9. The molecule has 2 aromatic carbocycles. The second kappa shape index (κ2) is 8.25. The van der Waals surface area contributed by atoms with Gasteiger partial charge in [0.2, 0.25) is 0 Å². The molecule has 0 saturated carbocycles. The van der Waals surface area contributed by atoms with E-state index in [1.807, 2.05) is 18.2 Å². The molecule has 0 unspecified atom stereocenters. The zero-order chi connectivity index (χ0) is 16.7. The third-order valence-electron chi connectivity index (χ3n) is 3.12. The number of carbonyl (C=O) groups is 1. The summed E-state index contributed by atoms with van der Waals surface area (Å²) in [4.78, 5) is 11.8. The molecule has 0 aliphatic carbocycles. The number of esters is 1. The fourth-order valence-corrected chi connectivity index (χ4v) is 2.10. The van der Waals surface area contributed by atoms with E-state index in [2.05, 4.69) is 0 Å². The van der Waals surface area contributed by atoms with Crippen molar-refractivity contribution in [3.05, 3.63) is 59.7 Å². The number of rotatable bonds is 6. The van der Waals surface area contributed by atoms with Crippen LogP contribution in [-0.2, 0) is 10.7 Å². The summed E-state index contributed by atoms with van der Waals surface area (Å²) in [5.41, 5.74) is 1.77. The predicted octanol–water partition coefficient (Wildman–Crippen LogP) is 4.06. The molecule has 5 heteroatoms. The molecule has 0 heterocycles. The summed E-state index contributed by atoms with van der Waals surface area (Å²) in [6, 6.07) is 12.4. The zero-order valence-corrected chi connectivity index (χ0v) is 13.7. The van der Waals surface area contributed by atoms with Crippen LogP contribution in [0.3, 0.4) is 0 Å². The van der Waals surface area contributed by atoms with Gasteiger partial charge in [-0.1, -0.05) is 18.2 Å². The summed E-state index contributed by atoms with van der Waals surface area (Å²) >= 11 is 5.71. The monoisotopic (exact) mass is 332 g/mol. The van der Waals surface area contributed by atoms with Gasteiger partial charge < -0.3 is 14.2 Å². The number of halogens is 1. The van der Waals surface area contributed by atoms with Crippen LogP contribution in [0, 0.1) is 0 Å². The Balaban J connectivity index is 2.02. The smallest absolute Gasteiger partial charge is 0.336 e. The predicted molar refractivity (Wildman–Crippen MR) is 90.2 cm³/mol. The summed E-state index contributed by atoms with van der Waals surface area (Å²) in [6.07, 6.45) is 3.01. The molecule has 0 N–H and O–H groups in total. The number of benzene rings is 2. The van der Waals surface area contributed by atoms with Crippen molar-refractivity contribution in [1.29, 1.82) is 0 Å².